The molecule has 7 nitrogen and oxygen atoms in total. The molecule has 34 heavy (non-hydrogen) atoms. The first-order valence-electron chi connectivity index (χ1n) is 11.1. The molecular weight excluding hydrogens is 453 g/mol. The number of halogens is 1. The van der Waals surface area contributed by atoms with E-state index < -0.39 is 9.84 Å². The molecule has 1 aliphatic rings. The second kappa shape index (κ2) is 9.36. The van der Waals surface area contributed by atoms with Crippen LogP contribution in [0, 0.1) is 5.82 Å². The molecule has 3 heterocycles. The molecule has 1 saturated heterocycles. The number of rotatable bonds is 6. The van der Waals surface area contributed by atoms with Gasteiger partial charge in [-0.3, -0.25) is 0 Å². The number of anilines is 2. The van der Waals surface area contributed by atoms with Crippen LogP contribution in [-0.2, 0) is 9.84 Å². The number of sulfone groups is 1. The van der Waals surface area contributed by atoms with E-state index in [1.807, 2.05) is 18.2 Å². The highest BCUT2D eigenvalue weighted by molar-refractivity contribution is 7.92. The first kappa shape index (κ1) is 22.2. The van der Waals surface area contributed by atoms with Crippen LogP contribution in [0.25, 0.3) is 23.1 Å². The number of aromatic nitrogens is 3. The Balaban J connectivity index is 1.26. The van der Waals surface area contributed by atoms with Crippen molar-refractivity contribution in [1.82, 2.24) is 20.3 Å². The van der Waals surface area contributed by atoms with Gasteiger partial charge in [0, 0.05) is 35.2 Å². The number of nitrogens with zero attached hydrogens (tertiary/aromatic N) is 2. The lowest BCUT2D eigenvalue weighted by Crippen LogP contribution is -2.35. The number of H-pyrrole nitrogens is 1. The van der Waals surface area contributed by atoms with Gasteiger partial charge in [0.1, 0.15) is 5.82 Å². The molecule has 0 aliphatic carbocycles. The van der Waals surface area contributed by atoms with Crippen LogP contribution in [0.3, 0.4) is 0 Å². The summed E-state index contributed by atoms with van der Waals surface area (Å²) in [4.78, 5) is 11.9. The van der Waals surface area contributed by atoms with Gasteiger partial charge in [0.2, 0.25) is 5.95 Å². The van der Waals surface area contributed by atoms with Gasteiger partial charge in [-0.2, -0.15) is 0 Å². The van der Waals surface area contributed by atoms with E-state index in [9.17, 15) is 12.8 Å². The van der Waals surface area contributed by atoms with Crippen molar-refractivity contribution in [1.29, 1.82) is 0 Å². The molecule has 9 heteroatoms. The monoisotopic (exact) mass is 477 g/mol. The number of hydrogen-bond acceptors (Lipinski definition) is 6. The first-order chi connectivity index (χ1) is 16.5. The van der Waals surface area contributed by atoms with Crippen LogP contribution >= 0.6 is 0 Å². The minimum Gasteiger partial charge on any atom is -0.359 e. The van der Waals surface area contributed by atoms with Gasteiger partial charge in [-0.1, -0.05) is 18.2 Å². The van der Waals surface area contributed by atoms with Crippen molar-refractivity contribution < 1.29 is 12.8 Å². The van der Waals surface area contributed by atoms with Crippen molar-refractivity contribution in [2.75, 3.05) is 18.4 Å². The zero-order valence-electron chi connectivity index (χ0n) is 18.3. The maximum Gasteiger partial charge on any atom is 0.227 e. The molecule has 0 atom stereocenters. The largest absolute Gasteiger partial charge is 0.359 e. The fraction of sp³-hybridized carbons (Fsp3) is 0.200. The molecule has 174 valence electrons. The lowest BCUT2D eigenvalue weighted by molar-refractivity contribution is 0.496. The third-order valence-electron chi connectivity index (χ3n) is 6.00. The molecule has 1 fully saturated rings. The zero-order chi connectivity index (χ0) is 23.5. The smallest absolute Gasteiger partial charge is 0.227 e. The summed E-state index contributed by atoms with van der Waals surface area (Å²) in [6, 6.07) is 11.7. The molecule has 3 N–H and O–H groups in total. The summed E-state index contributed by atoms with van der Waals surface area (Å²) in [5.74, 6) is 0.119. The minimum absolute atomic E-state index is 0.284. The number of fused-ring (bicyclic) bond motifs is 1. The molecule has 2 aromatic heterocycles. The Labute approximate surface area is 197 Å². The summed E-state index contributed by atoms with van der Waals surface area (Å²) >= 11 is 0. The predicted octanol–water partition coefficient (Wildman–Crippen LogP) is 4.54. The summed E-state index contributed by atoms with van der Waals surface area (Å²) < 4.78 is 39.5. The van der Waals surface area contributed by atoms with E-state index in [0.29, 0.717) is 34.9 Å². The average molecular weight is 478 g/mol. The molecule has 5 rings (SSSR count). The van der Waals surface area contributed by atoms with E-state index in [-0.39, 0.29) is 11.1 Å². The third kappa shape index (κ3) is 4.57. The fourth-order valence-electron chi connectivity index (χ4n) is 4.12. The Bertz CT molecular complexity index is 1420. The van der Waals surface area contributed by atoms with E-state index in [0.717, 1.165) is 29.6 Å². The molecule has 0 spiro atoms. The Morgan fingerprint density at radius 1 is 0.971 bits per heavy atom. The molecule has 2 aromatic carbocycles. The van der Waals surface area contributed by atoms with Gasteiger partial charge in [0.15, 0.2) is 9.84 Å². The van der Waals surface area contributed by atoms with Crippen LogP contribution in [0.4, 0.5) is 16.0 Å². The SMILES string of the molecule is O=S(=O)(c1ccc(Nc2ncc(/C=C/c3ccc(F)c4[nH]ccc34)cn2)cc1)C1CCNCC1. The second-order valence-corrected chi connectivity index (χ2v) is 10.4. The van der Waals surface area contributed by atoms with Crippen molar-refractivity contribution in [2.45, 2.75) is 23.0 Å². The molecule has 0 unspecified atom stereocenters. The maximum absolute atomic E-state index is 13.8. The van der Waals surface area contributed by atoms with E-state index in [1.165, 1.54) is 6.07 Å². The summed E-state index contributed by atoms with van der Waals surface area (Å²) in [6.07, 6.45) is 10.1. The van der Waals surface area contributed by atoms with Gasteiger partial charge in [-0.15, -0.1) is 0 Å². The lowest BCUT2D eigenvalue weighted by Gasteiger charge is -2.22. The van der Waals surface area contributed by atoms with Crippen LogP contribution in [0.1, 0.15) is 24.0 Å². The highest BCUT2D eigenvalue weighted by Gasteiger charge is 2.28. The van der Waals surface area contributed by atoms with Crippen LogP contribution < -0.4 is 10.6 Å². The number of aromatic amines is 1. The van der Waals surface area contributed by atoms with Crippen molar-refractivity contribution in [3.63, 3.8) is 0 Å². The lowest BCUT2D eigenvalue weighted by atomic mass is 10.1. The van der Waals surface area contributed by atoms with Crippen molar-refractivity contribution in [2.24, 2.45) is 0 Å². The van der Waals surface area contributed by atoms with Crippen molar-refractivity contribution in [3.8, 4) is 0 Å². The minimum atomic E-state index is -3.33. The van der Waals surface area contributed by atoms with E-state index in [4.69, 9.17) is 0 Å². The van der Waals surface area contributed by atoms with Gasteiger partial charge < -0.3 is 15.6 Å². The molecule has 0 bridgehead atoms. The Hall–Kier alpha value is -3.56. The van der Waals surface area contributed by atoms with Crippen LogP contribution in [0.2, 0.25) is 0 Å². The quantitative estimate of drug-likeness (QED) is 0.377. The number of nitrogens with one attached hydrogen (secondary N) is 3. The number of hydrogen-bond donors (Lipinski definition) is 3. The molecule has 0 radical (unpaired) electrons. The van der Waals surface area contributed by atoms with Crippen molar-refractivity contribution >= 4 is 44.5 Å². The van der Waals surface area contributed by atoms with E-state index in [1.54, 1.807) is 48.9 Å². The molecular formula is C25H24FN5O2S. The predicted molar refractivity (Wildman–Crippen MR) is 132 cm³/mol. The van der Waals surface area contributed by atoms with Crippen LogP contribution in [-0.4, -0.2) is 41.7 Å². The molecule has 0 amide bonds. The summed E-state index contributed by atoms with van der Waals surface area (Å²) in [6.45, 7) is 1.46. The topological polar surface area (TPSA) is 99.8 Å². The Morgan fingerprint density at radius 3 is 2.44 bits per heavy atom. The number of piperidine rings is 1. The maximum atomic E-state index is 13.8. The number of benzene rings is 2. The zero-order valence-corrected chi connectivity index (χ0v) is 19.1. The Morgan fingerprint density at radius 2 is 1.71 bits per heavy atom. The Kier molecular flexibility index (Phi) is 6.12. The summed E-state index contributed by atoms with van der Waals surface area (Å²) in [7, 11) is -3.33. The van der Waals surface area contributed by atoms with Gasteiger partial charge in [0.05, 0.1) is 15.7 Å². The van der Waals surface area contributed by atoms with Crippen LogP contribution in [0.5, 0.6) is 0 Å². The van der Waals surface area contributed by atoms with Crippen LogP contribution in [0.15, 0.2) is 66.0 Å². The fourth-order valence-corrected chi connectivity index (χ4v) is 5.88. The molecule has 4 aromatic rings. The molecule has 1 aliphatic heterocycles. The first-order valence-corrected chi connectivity index (χ1v) is 12.6. The van der Waals surface area contributed by atoms with Gasteiger partial charge >= 0.3 is 0 Å². The highest BCUT2D eigenvalue weighted by atomic mass is 32.2. The normalized spacial score (nSPS) is 15.2. The van der Waals surface area contributed by atoms with E-state index in [2.05, 4.69) is 25.6 Å². The summed E-state index contributed by atoms with van der Waals surface area (Å²) in [5, 5.41) is 6.76. The third-order valence-corrected chi connectivity index (χ3v) is 8.28. The van der Waals surface area contributed by atoms with Gasteiger partial charge in [0.25, 0.3) is 0 Å². The standard InChI is InChI=1S/C25H24FN5O2S/c26-23-8-3-18(22-11-14-28-24(22)23)2-1-17-15-29-25(30-16-17)31-19-4-6-20(7-5-19)34(32,33)21-9-12-27-13-10-21/h1-8,11,14-16,21,27-28H,9-10,12-13H2,(H,29,30,31)/b2-1+. The summed E-state index contributed by atoms with van der Waals surface area (Å²) in [5.41, 5.74) is 2.86. The van der Waals surface area contributed by atoms with Crippen molar-refractivity contribution in [3.05, 3.63) is 78.0 Å². The average Bonchev–Trinajstić information content (AvgIpc) is 3.37. The highest BCUT2D eigenvalue weighted by Crippen LogP contribution is 2.25. The second-order valence-electron chi connectivity index (χ2n) is 8.22. The van der Waals surface area contributed by atoms with Gasteiger partial charge in [-0.05, 0) is 67.9 Å². The molecule has 0 saturated carbocycles. The van der Waals surface area contributed by atoms with E-state index >= 15 is 0 Å². The van der Waals surface area contributed by atoms with Gasteiger partial charge in [-0.25, -0.2) is 22.8 Å².